The number of fused-ring (bicyclic) bond motifs is 1. The molecule has 0 aliphatic carbocycles. The third-order valence-electron chi connectivity index (χ3n) is 5.09. The summed E-state index contributed by atoms with van der Waals surface area (Å²) in [4.78, 5) is 13.1. The Kier molecular flexibility index (Phi) is 6.76. The first-order valence-corrected chi connectivity index (χ1v) is 12.0. The van der Waals surface area contributed by atoms with Gasteiger partial charge in [-0.05, 0) is 55.1 Å². The zero-order valence-electron chi connectivity index (χ0n) is 18.1. The predicted octanol–water partition coefficient (Wildman–Crippen LogP) is 4.27. The number of carbonyl (C=O) groups is 1. The van der Waals surface area contributed by atoms with Gasteiger partial charge in [0.2, 0.25) is 0 Å². The van der Waals surface area contributed by atoms with E-state index < -0.39 is 10.0 Å². The molecule has 0 unspecified atom stereocenters. The highest BCUT2D eigenvalue weighted by Gasteiger charge is 2.24. The van der Waals surface area contributed by atoms with E-state index in [1.165, 1.54) is 49.0 Å². The van der Waals surface area contributed by atoms with Crippen molar-refractivity contribution >= 4 is 43.0 Å². The highest BCUT2D eigenvalue weighted by molar-refractivity contribution is 7.92. The van der Waals surface area contributed by atoms with Crippen molar-refractivity contribution in [1.29, 1.82) is 0 Å². The number of hydrogen-bond donors (Lipinski definition) is 1. The van der Waals surface area contributed by atoms with Crippen molar-refractivity contribution in [2.45, 2.75) is 31.2 Å². The molecule has 0 saturated carbocycles. The van der Waals surface area contributed by atoms with Crippen LogP contribution in [0.5, 0.6) is 11.5 Å². The number of sulfonamides is 1. The number of rotatable bonds is 8. The van der Waals surface area contributed by atoms with E-state index in [1.54, 1.807) is 24.3 Å². The molecule has 1 atom stereocenters. The van der Waals surface area contributed by atoms with E-state index in [1.807, 2.05) is 19.9 Å². The molecule has 0 aliphatic heterocycles. The van der Waals surface area contributed by atoms with Crippen LogP contribution in [0, 0.1) is 0 Å². The topological polar surface area (TPSA) is 84.9 Å². The maximum atomic E-state index is 13.2. The van der Waals surface area contributed by atoms with E-state index in [4.69, 9.17) is 9.47 Å². The summed E-state index contributed by atoms with van der Waals surface area (Å²) in [5.41, 5.74) is 0.494. The summed E-state index contributed by atoms with van der Waals surface area (Å²) in [7, 11) is 0.619. The van der Waals surface area contributed by atoms with Gasteiger partial charge in [0.1, 0.15) is 0 Å². The third kappa shape index (κ3) is 4.62. The lowest BCUT2D eigenvalue weighted by molar-refractivity contribution is 0.0943. The summed E-state index contributed by atoms with van der Waals surface area (Å²) in [5, 5.41) is 3.76. The second-order valence-electron chi connectivity index (χ2n) is 7.10. The number of ether oxygens (including phenoxy) is 2. The standard InChI is InChI=1S/C22H26N2O5S2/c1-6-14(2)23-22(25)21-12-15-11-16(7-10-20(15)30-21)24(3)31(26,27)17-8-9-18(28-4)19(13-17)29-5/h7-14H,6H2,1-5H3,(H,23,25)/t14-/m1/s1. The Labute approximate surface area is 186 Å². The van der Waals surface area contributed by atoms with Crippen molar-refractivity contribution in [1.82, 2.24) is 5.32 Å². The summed E-state index contributed by atoms with van der Waals surface area (Å²) in [5.74, 6) is 0.664. The quantitative estimate of drug-likeness (QED) is 0.540. The fourth-order valence-corrected chi connectivity index (χ4v) is 5.16. The summed E-state index contributed by atoms with van der Waals surface area (Å²) in [6.07, 6.45) is 0.847. The van der Waals surface area contributed by atoms with Crippen LogP contribution in [0.1, 0.15) is 29.9 Å². The first kappa shape index (κ1) is 22.9. The number of nitrogens with zero attached hydrogens (tertiary/aromatic N) is 1. The van der Waals surface area contributed by atoms with Gasteiger partial charge in [-0.15, -0.1) is 11.3 Å². The van der Waals surface area contributed by atoms with E-state index >= 15 is 0 Å². The van der Waals surface area contributed by atoms with Gasteiger partial charge in [-0.2, -0.15) is 0 Å². The monoisotopic (exact) mass is 462 g/mol. The molecular formula is C22H26N2O5S2. The minimum Gasteiger partial charge on any atom is -0.493 e. The maximum absolute atomic E-state index is 13.2. The van der Waals surface area contributed by atoms with Gasteiger partial charge in [0.25, 0.3) is 15.9 Å². The summed E-state index contributed by atoms with van der Waals surface area (Å²) < 4.78 is 38.9. The fraction of sp³-hybridized carbons (Fsp3) is 0.318. The number of amides is 1. The Bertz CT molecular complexity index is 1200. The smallest absolute Gasteiger partial charge is 0.264 e. The molecule has 1 heterocycles. The van der Waals surface area contributed by atoms with E-state index in [9.17, 15) is 13.2 Å². The molecule has 1 aromatic heterocycles. The van der Waals surface area contributed by atoms with Crippen molar-refractivity contribution in [3.8, 4) is 11.5 Å². The number of carbonyl (C=O) groups excluding carboxylic acids is 1. The lowest BCUT2D eigenvalue weighted by atomic mass is 10.2. The van der Waals surface area contributed by atoms with Crippen LogP contribution in [0.25, 0.3) is 10.1 Å². The maximum Gasteiger partial charge on any atom is 0.264 e. The van der Waals surface area contributed by atoms with Gasteiger partial charge in [-0.1, -0.05) is 6.92 Å². The molecule has 0 spiro atoms. The molecule has 9 heteroatoms. The summed E-state index contributed by atoms with van der Waals surface area (Å²) in [6.45, 7) is 3.97. The molecule has 0 fully saturated rings. The van der Waals surface area contributed by atoms with Crippen LogP contribution in [0.15, 0.2) is 47.4 Å². The minimum atomic E-state index is -3.83. The van der Waals surface area contributed by atoms with Gasteiger partial charge in [-0.25, -0.2) is 8.42 Å². The van der Waals surface area contributed by atoms with Crippen LogP contribution in [0.3, 0.4) is 0 Å². The molecule has 1 amide bonds. The van der Waals surface area contributed by atoms with E-state index in [2.05, 4.69) is 5.32 Å². The molecule has 0 radical (unpaired) electrons. The van der Waals surface area contributed by atoms with Crippen molar-refractivity contribution in [2.75, 3.05) is 25.6 Å². The fourth-order valence-electron chi connectivity index (χ4n) is 3.01. The highest BCUT2D eigenvalue weighted by Crippen LogP contribution is 2.34. The number of benzene rings is 2. The SMILES string of the molecule is CC[C@@H](C)NC(=O)c1cc2cc(N(C)S(=O)(=O)c3ccc(OC)c(OC)c3)ccc2s1. The van der Waals surface area contributed by atoms with Crippen LogP contribution in [0.2, 0.25) is 0 Å². The molecule has 0 saturated heterocycles. The predicted molar refractivity (Wildman–Crippen MR) is 124 cm³/mol. The number of thiophene rings is 1. The third-order valence-corrected chi connectivity index (χ3v) is 7.99. The van der Waals surface area contributed by atoms with Crippen LogP contribution >= 0.6 is 11.3 Å². The lowest BCUT2D eigenvalue weighted by Crippen LogP contribution is -2.31. The molecule has 0 aliphatic rings. The Balaban J connectivity index is 1.93. The Hall–Kier alpha value is -2.78. The van der Waals surface area contributed by atoms with E-state index in [0.717, 1.165) is 16.5 Å². The molecule has 1 N–H and O–H groups in total. The molecule has 7 nitrogen and oxygen atoms in total. The van der Waals surface area contributed by atoms with Crippen LogP contribution in [-0.2, 0) is 10.0 Å². The first-order chi connectivity index (χ1) is 14.7. The average Bonchev–Trinajstić information content (AvgIpc) is 3.21. The number of nitrogens with one attached hydrogen (secondary N) is 1. The van der Waals surface area contributed by atoms with E-state index in [-0.39, 0.29) is 16.8 Å². The zero-order valence-corrected chi connectivity index (χ0v) is 19.8. The average molecular weight is 463 g/mol. The highest BCUT2D eigenvalue weighted by atomic mass is 32.2. The molecule has 166 valence electrons. The largest absolute Gasteiger partial charge is 0.493 e. The Morgan fingerprint density at radius 1 is 1.10 bits per heavy atom. The van der Waals surface area contributed by atoms with Crippen molar-refractivity contribution in [2.24, 2.45) is 0 Å². The van der Waals surface area contributed by atoms with Gasteiger partial charge in [0.05, 0.1) is 29.7 Å². The molecule has 3 rings (SSSR count). The van der Waals surface area contributed by atoms with Gasteiger partial charge >= 0.3 is 0 Å². The van der Waals surface area contributed by atoms with Crippen molar-refractivity contribution in [3.05, 3.63) is 47.3 Å². The van der Waals surface area contributed by atoms with Crippen LogP contribution < -0.4 is 19.1 Å². The minimum absolute atomic E-state index is 0.0889. The zero-order chi connectivity index (χ0) is 22.8. The molecular weight excluding hydrogens is 436 g/mol. The second-order valence-corrected chi connectivity index (χ2v) is 10.2. The van der Waals surface area contributed by atoms with Crippen molar-refractivity contribution < 1.29 is 22.7 Å². The Morgan fingerprint density at radius 3 is 2.45 bits per heavy atom. The number of hydrogen-bond acceptors (Lipinski definition) is 6. The normalized spacial score (nSPS) is 12.4. The molecule has 0 bridgehead atoms. The molecule has 31 heavy (non-hydrogen) atoms. The lowest BCUT2D eigenvalue weighted by Gasteiger charge is -2.20. The molecule has 2 aromatic carbocycles. The number of methoxy groups -OCH3 is 2. The van der Waals surface area contributed by atoms with E-state index in [0.29, 0.717) is 22.1 Å². The Morgan fingerprint density at radius 2 is 1.81 bits per heavy atom. The second kappa shape index (κ2) is 9.15. The van der Waals surface area contributed by atoms with Crippen molar-refractivity contribution in [3.63, 3.8) is 0 Å². The van der Waals surface area contributed by atoms with Gasteiger partial charge in [0.15, 0.2) is 11.5 Å². The summed E-state index contributed by atoms with van der Waals surface area (Å²) >= 11 is 1.38. The first-order valence-electron chi connectivity index (χ1n) is 9.76. The van der Waals surface area contributed by atoms with Gasteiger partial charge < -0.3 is 14.8 Å². The van der Waals surface area contributed by atoms with Gasteiger partial charge in [-0.3, -0.25) is 9.10 Å². The molecule has 3 aromatic rings. The van der Waals surface area contributed by atoms with Crippen LogP contribution in [-0.4, -0.2) is 41.6 Å². The van der Waals surface area contributed by atoms with Gasteiger partial charge in [0, 0.05) is 23.9 Å². The number of anilines is 1. The van der Waals surface area contributed by atoms with Crippen LogP contribution in [0.4, 0.5) is 5.69 Å². The summed E-state index contributed by atoms with van der Waals surface area (Å²) in [6, 6.07) is 11.7.